The highest BCUT2D eigenvalue weighted by atomic mass is 79.9. The van der Waals surface area contributed by atoms with Crippen LogP contribution in [0.25, 0.3) is 0 Å². The molecule has 0 fully saturated rings. The zero-order chi connectivity index (χ0) is 13.0. The predicted octanol–water partition coefficient (Wildman–Crippen LogP) is 1.37. The number of rotatable bonds is 4. The molecule has 0 bridgehead atoms. The highest BCUT2D eigenvalue weighted by molar-refractivity contribution is 9.10. The highest BCUT2D eigenvalue weighted by Crippen LogP contribution is 2.24. The monoisotopic (exact) mass is 311 g/mol. The van der Waals surface area contributed by atoms with E-state index in [1.165, 1.54) is 0 Å². The lowest BCUT2D eigenvalue weighted by atomic mass is 10.3. The van der Waals surface area contributed by atoms with Gasteiger partial charge in [0.05, 0.1) is 4.47 Å². The maximum Gasteiger partial charge on any atom is 0.269 e. The summed E-state index contributed by atoms with van der Waals surface area (Å²) in [6.07, 6.45) is -0.679. The van der Waals surface area contributed by atoms with Crippen LogP contribution in [0.15, 0.2) is 28.7 Å². The van der Waals surface area contributed by atoms with Gasteiger partial charge in [0.15, 0.2) is 6.10 Å². The van der Waals surface area contributed by atoms with Crippen molar-refractivity contribution < 1.29 is 9.53 Å². The number of aromatic nitrogens is 4. The smallest absolute Gasteiger partial charge is 0.269 e. The fourth-order valence-electron chi connectivity index (χ4n) is 1.21. The van der Waals surface area contributed by atoms with Gasteiger partial charge in [0.2, 0.25) is 0 Å². The van der Waals surface area contributed by atoms with Crippen molar-refractivity contribution in [2.45, 2.75) is 13.0 Å². The molecule has 0 saturated carbocycles. The zero-order valence-corrected chi connectivity index (χ0v) is 11.0. The van der Waals surface area contributed by atoms with Crippen molar-refractivity contribution >= 4 is 27.8 Å². The fourth-order valence-corrected chi connectivity index (χ4v) is 1.59. The number of para-hydroxylation sites is 1. The molecule has 1 aromatic carbocycles. The van der Waals surface area contributed by atoms with Crippen LogP contribution < -0.4 is 10.1 Å². The number of tetrazole rings is 1. The molecular weight excluding hydrogens is 302 g/mol. The molecule has 2 aromatic rings. The summed E-state index contributed by atoms with van der Waals surface area (Å²) in [7, 11) is 0. The molecule has 1 amide bonds. The molecule has 18 heavy (non-hydrogen) atoms. The Kier molecular flexibility index (Phi) is 3.88. The van der Waals surface area contributed by atoms with Crippen LogP contribution in [0.4, 0.5) is 5.95 Å². The number of benzene rings is 1. The lowest BCUT2D eigenvalue weighted by Crippen LogP contribution is -2.30. The van der Waals surface area contributed by atoms with Gasteiger partial charge in [0.25, 0.3) is 11.9 Å². The van der Waals surface area contributed by atoms with Gasteiger partial charge in [0, 0.05) is 0 Å². The third kappa shape index (κ3) is 3.04. The molecule has 2 rings (SSSR count). The number of carbonyl (C=O) groups is 1. The lowest BCUT2D eigenvalue weighted by molar-refractivity contribution is -0.122. The molecule has 0 aliphatic heterocycles. The quantitative estimate of drug-likeness (QED) is 0.889. The van der Waals surface area contributed by atoms with Gasteiger partial charge >= 0.3 is 0 Å². The van der Waals surface area contributed by atoms with Crippen LogP contribution in [0.2, 0.25) is 0 Å². The van der Waals surface area contributed by atoms with Gasteiger partial charge in [0.1, 0.15) is 5.75 Å². The molecule has 2 N–H and O–H groups in total. The molecule has 8 heteroatoms. The van der Waals surface area contributed by atoms with E-state index in [9.17, 15) is 4.79 Å². The third-order valence-electron chi connectivity index (χ3n) is 2.09. The number of nitrogens with zero attached hydrogens (tertiary/aromatic N) is 3. The number of ether oxygens (including phenoxy) is 1. The van der Waals surface area contributed by atoms with Crippen molar-refractivity contribution in [3.8, 4) is 5.75 Å². The summed E-state index contributed by atoms with van der Waals surface area (Å²) in [5, 5.41) is 15.3. The van der Waals surface area contributed by atoms with Gasteiger partial charge in [-0.05, 0) is 40.2 Å². The van der Waals surface area contributed by atoms with Crippen molar-refractivity contribution in [1.29, 1.82) is 0 Å². The van der Waals surface area contributed by atoms with Gasteiger partial charge in [-0.25, -0.2) is 0 Å². The van der Waals surface area contributed by atoms with E-state index in [1.807, 2.05) is 18.2 Å². The Morgan fingerprint density at radius 3 is 2.94 bits per heavy atom. The van der Waals surface area contributed by atoms with E-state index >= 15 is 0 Å². The van der Waals surface area contributed by atoms with Crippen LogP contribution in [0.5, 0.6) is 5.75 Å². The summed E-state index contributed by atoms with van der Waals surface area (Å²) in [5.74, 6) is 0.350. The van der Waals surface area contributed by atoms with E-state index in [2.05, 4.69) is 41.9 Å². The van der Waals surface area contributed by atoms with Crippen molar-refractivity contribution in [2.75, 3.05) is 5.32 Å². The molecule has 7 nitrogen and oxygen atoms in total. The van der Waals surface area contributed by atoms with E-state index in [4.69, 9.17) is 4.74 Å². The summed E-state index contributed by atoms with van der Waals surface area (Å²) >= 11 is 3.34. The normalized spacial score (nSPS) is 11.9. The van der Waals surface area contributed by atoms with Gasteiger partial charge in [-0.15, -0.1) is 5.10 Å². The minimum atomic E-state index is -0.679. The van der Waals surface area contributed by atoms with Crippen molar-refractivity contribution in [2.24, 2.45) is 0 Å². The van der Waals surface area contributed by atoms with Crippen molar-refractivity contribution in [1.82, 2.24) is 20.6 Å². The molecule has 0 aliphatic carbocycles. The first-order valence-corrected chi connectivity index (χ1v) is 5.91. The highest BCUT2D eigenvalue weighted by Gasteiger charge is 2.17. The maximum absolute atomic E-state index is 11.8. The average molecular weight is 312 g/mol. The second-order valence-electron chi connectivity index (χ2n) is 3.42. The topological polar surface area (TPSA) is 92.8 Å². The van der Waals surface area contributed by atoms with Crippen molar-refractivity contribution in [3.63, 3.8) is 0 Å². The average Bonchev–Trinajstić information content (AvgIpc) is 2.84. The first kappa shape index (κ1) is 12.5. The molecule has 1 atom stereocenters. The number of hydrogen-bond donors (Lipinski definition) is 2. The SMILES string of the molecule is C[C@@H](Oc1ccccc1Br)C(=O)Nc1nn[nH]n1. The molecule has 0 radical (unpaired) electrons. The van der Waals surface area contributed by atoms with E-state index in [0.717, 1.165) is 4.47 Å². The number of carbonyl (C=O) groups excluding carboxylic acids is 1. The Hall–Kier alpha value is -1.96. The Morgan fingerprint density at radius 2 is 2.28 bits per heavy atom. The van der Waals surface area contributed by atoms with E-state index < -0.39 is 6.10 Å². The molecule has 1 heterocycles. The fraction of sp³-hybridized carbons (Fsp3) is 0.200. The Labute approximate surface area is 111 Å². The van der Waals surface area contributed by atoms with Crippen LogP contribution in [-0.2, 0) is 4.79 Å². The van der Waals surface area contributed by atoms with Crippen LogP contribution in [0.3, 0.4) is 0 Å². The summed E-state index contributed by atoms with van der Waals surface area (Å²) in [4.78, 5) is 11.8. The summed E-state index contributed by atoms with van der Waals surface area (Å²) in [6, 6.07) is 7.28. The molecule has 0 saturated heterocycles. The summed E-state index contributed by atoms with van der Waals surface area (Å²) < 4.78 is 6.29. The Morgan fingerprint density at radius 1 is 1.50 bits per heavy atom. The zero-order valence-electron chi connectivity index (χ0n) is 9.42. The second kappa shape index (κ2) is 5.58. The van der Waals surface area contributed by atoms with E-state index in [1.54, 1.807) is 13.0 Å². The van der Waals surface area contributed by atoms with Crippen LogP contribution in [-0.4, -0.2) is 32.6 Å². The minimum absolute atomic E-state index is 0.113. The number of aromatic amines is 1. The second-order valence-corrected chi connectivity index (χ2v) is 4.27. The summed E-state index contributed by atoms with van der Waals surface area (Å²) in [5.41, 5.74) is 0. The van der Waals surface area contributed by atoms with E-state index in [0.29, 0.717) is 5.75 Å². The van der Waals surface area contributed by atoms with Gasteiger partial charge in [-0.3, -0.25) is 10.1 Å². The molecule has 0 aliphatic rings. The molecule has 1 aromatic heterocycles. The largest absolute Gasteiger partial charge is 0.480 e. The van der Waals surface area contributed by atoms with Gasteiger partial charge < -0.3 is 4.74 Å². The number of anilines is 1. The Bertz CT molecular complexity index is 531. The molecule has 94 valence electrons. The third-order valence-corrected chi connectivity index (χ3v) is 2.75. The first-order valence-electron chi connectivity index (χ1n) is 5.12. The minimum Gasteiger partial charge on any atom is -0.480 e. The number of amides is 1. The van der Waals surface area contributed by atoms with Gasteiger partial charge in [-0.2, -0.15) is 5.21 Å². The predicted molar refractivity (Wildman–Crippen MR) is 67.0 cm³/mol. The Balaban J connectivity index is 1.97. The van der Waals surface area contributed by atoms with Crippen LogP contribution in [0, 0.1) is 0 Å². The van der Waals surface area contributed by atoms with Crippen LogP contribution in [0.1, 0.15) is 6.92 Å². The van der Waals surface area contributed by atoms with E-state index in [-0.39, 0.29) is 11.9 Å². The van der Waals surface area contributed by atoms with Crippen LogP contribution >= 0.6 is 15.9 Å². The number of H-pyrrole nitrogens is 1. The molecule has 0 spiro atoms. The maximum atomic E-state index is 11.8. The summed E-state index contributed by atoms with van der Waals surface area (Å²) in [6.45, 7) is 1.63. The number of hydrogen-bond acceptors (Lipinski definition) is 5. The lowest BCUT2D eigenvalue weighted by Gasteiger charge is -2.14. The molecular formula is C10H10BrN5O2. The van der Waals surface area contributed by atoms with Gasteiger partial charge in [-0.1, -0.05) is 17.2 Å². The number of nitrogens with one attached hydrogen (secondary N) is 2. The standard InChI is InChI=1S/C10H10BrN5O2/c1-6(9(17)12-10-13-15-16-14-10)18-8-5-3-2-4-7(8)11/h2-6H,1H3,(H2,12,13,14,15,16,17)/t6-/m1/s1. The first-order chi connectivity index (χ1) is 8.66. The number of halogens is 1. The molecule has 0 unspecified atom stereocenters. The van der Waals surface area contributed by atoms with Crippen molar-refractivity contribution in [3.05, 3.63) is 28.7 Å².